The Morgan fingerprint density at radius 1 is 1.19 bits per heavy atom. The molecule has 1 fully saturated rings. The monoisotopic (exact) mass is 361 g/mol. The Labute approximate surface area is 158 Å². The summed E-state index contributed by atoms with van der Waals surface area (Å²) in [4.78, 5) is 4.33. The van der Waals surface area contributed by atoms with Gasteiger partial charge in [0.1, 0.15) is 6.61 Å². The number of fused-ring (bicyclic) bond motifs is 2. The number of nitrogens with zero attached hydrogens (tertiary/aromatic N) is 3. The van der Waals surface area contributed by atoms with E-state index in [1.807, 2.05) is 36.4 Å². The number of anilines is 1. The lowest BCUT2D eigenvalue weighted by atomic mass is 9.82. The first-order chi connectivity index (χ1) is 13.2. The number of rotatable bonds is 4. The molecule has 2 aromatic heterocycles. The van der Waals surface area contributed by atoms with Crippen molar-refractivity contribution in [3.63, 3.8) is 0 Å². The Balaban J connectivity index is 1.41. The molecule has 0 radical (unpaired) electrons. The van der Waals surface area contributed by atoms with Crippen LogP contribution in [0.1, 0.15) is 24.1 Å². The molecule has 0 saturated carbocycles. The molecule has 138 valence electrons. The van der Waals surface area contributed by atoms with Crippen molar-refractivity contribution in [3.8, 4) is 17.0 Å². The van der Waals surface area contributed by atoms with Gasteiger partial charge in [0.2, 0.25) is 0 Å². The summed E-state index contributed by atoms with van der Waals surface area (Å²) in [5.41, 5.74) is 10.6. The molecule has 3 aromatic rings. The maximum atomic E-state index is 6.03. The smallest absolute Gasteiger partial charge is 0.166 e. The second-order valence-corrected chi connectivity index (χ2v) is 7.48. The lowest BCUT2D eigenvalue weighted by molar-refractivity contribution is 0.307. The molecule has 6 nitrogen and oxygen atoms in total. The van der Waals surface area contributed by atoms with Crippen LogP contribution in [-0.4, -0.2) is 27.9 Å². The average Bonchev–Trinajstić information content (AvgIpc) is 3.41. The van der Waals surface area contributed by atoms with Crippen molar-refractivity contribution >= 4 is 5.82 Å². The fourth-order valence-corrected chi connectivity index (χ4v) is 4.23. The van der Waals surface area contributed by atoms with Gasteiger partial charge in [-0.15, -0.1) is 0 Å². The standard InChI is InChI=1S/C21H23N5O/c22-20-18(27-13-15-4-2-1-3-5-15)10-16(12-24-20)17-11-19-21(6-8-23-14-21)7-9-26(19)25-17/h1-5,10-12,23H,6-9,13-14H2,(H2,22,24)/t21-/m1/s1. The van der Waals surface area contributed by atoms with Gasteiger partial charge in [0.05, 0.1) is 5.69 Å². The Morgan fingerprint density at radius 2 is 2.07 bits per heavy atom. The van der Waals surface area contributed by atoms with E-state index in [4.69, 9.17) is 15.6 Å². The molecule has 27 heavy (non-hydrogen) atoms. The van der Waals surface area contributed by atoms with Gasteiger partial charge in [-0.25, -0.2) is 4.98 Å². The van der Waals surface area contributed by atoms with E-state index in [0.29, 0.717) is 18.2 Å². The van der Waals surface area contributed by atoms with Crippen molar-refractivity contribution < 1.29 is 4.74 Å². The van der Waals surface area contributed by atoms with Crippen molar-refractivity contribution in [1.29, 1.82) is 0 Å². The van der Waals surface area contributed by atoms with Crippen LogP contribution in [0.4, 0.5) is 5.82 Å². The summed E-state index contributed by atoms with van der Waals surface area (Å²) in [6.45, 7) is 3.58. The van der Waals surface area contributed by atoms with Crippen molar-refractivity contribution in [2.75, 3.05) is 18.8 Å². The number of hydrogen-bond donors (Lipinski definition) is 2. The summed E-state index contributed by atoms with van der Waals surface area (Å²) in [7, 11) is 0. The molecule has 6 heteroatoms. The van der Waals surface area contributed by atoms with Gasteiger partial charge in [0.15, 0.2) is 11.6 Å². The van der Waals surface area contributed by atoms with Crippen molar-refractivity contribution in [3.05, 3.63) is 59.9 Å². The van der Waals surface area contributed by atoms with Gasteiger partial charge in [-0.05, 0) is 37.1 Å². The fraction of sp³-hybridized carbons (Fsp3) is 0.333. The highest BCUT2D eigenvalue weighted by Crippen LogP contribution is 2.41. The minimum Gasteiger partial charge on any atom is -0.485 e. The van der Waals surface area contributed by atoms with E-state index in [2.05, 4.69) is 21.0 Å². The molecule has 0 bridgehead atoms. The van der Waals surface area contributed by atoms with E-state index in [1.54, 1.807) is 6.20 Å². The third kappa shape index (κ3) is 2.86. The predicted molar refractivity (Wildman–Crippen MR) is 104 cm³/mol. The molecule has 2 aliphatic rings. The van der Waals surface area contributed by atoms with Crippen molar-refractivity contribution in [2.45, 2.75) is 31.4 Å². The number of benzene rings is 1. The molecular weight excluding hydrogens is 338 g/mol. The first kappa shape index (κ1) is 16.3. The SMILES string of the molecule is Nc1ncc(-c2cc3n(n2)CC[C@@]32CCNC2)cc1OCc1ccccc1. The summed E-state index contributed by atoms with van der Waals surface area (Å²) in [6.07, 6.45) is 4.14. The van der Waals surface area contributed by atoms with Crippen LogP contribution in [0.3, 0.4) is 0 Å². The average molecular weight is 361 g/mol. The second-order valence-electron chi connectivity index (χ2n) is 7.48. The summed E-state index contributed by atoms with van der Waals surface area (Å²) in [5.74, 6) is 1.000. The lowest BCUT2D eigenvalue weighted by Gasteiger charge is -2.20. The largest absolute Gasteiger partial charge is 0.485 e. The number of nitrogens with two attached hydrogens (primary N) is 1. The molecule has 0 unspecified atom stereocenters. The molecule has 0 aliphatic carbocycles. The van der Waals surface area contributed by atoms with Crippen LogP contribution >= 0.6 is 0 Å². The molecule has 0 amide bonds. The third-order valence-corrected chi connectivity index (χ3v) is 5.78. The number of hydrogen-bond acceptors (Lipinski definition) is 5. The van der Waals surface area contributed by atoms with Crippen LogP contribution in [-0.2, 0) is 18.6 Å². The highest BCUT2D eigenvalue weighted by Gasteiger charge is 2.42. The number of aryl methyl sites for hydroxylation is 1. The minimum atomic E-state index is 0.249. The zero-order chi connectivity index (χ0) is 18.3. The molecule has 5 rings (SSSR count). The molecule has 4 heterocycles. The van der Waals surface area contributed by atoms with Crippen LogP contribution in [0, 0.1) is 0 Å². The van der Waals surface area contributed by atoms with Gasteiger partial charge in [0.25, 0.3) is 0 Å². The normalized spacial score (nSPS) is 20.9. The van der Waals surface area contributed by atoms with Crippen LogP contribution < -0.4 is 15.8 Å². The zero-order valence-electron chi connectivity index (χ0n) is 15.2. The number of ether oxygens (including phenoxy) is 1. The quantitative estimate of drug-likeness (QED) is 0.747. The van der Waals surface area contributed by atoms with Crippen LogP contribution in [0.2, 0.25) is 0 Å². The van der Waals surface area contributed by atoms with E-state index in [1.165, 1.54) is 18.5 Å². The zero-order valence-corrected chi connectivity index (χ0v) is 15.2. The van der Waals surface area contributed by atoms with E-state index >= 15 is 0 Å². The van der Waals surface area contributed by atoms with E-state index in [9.17, 15) is 0 Å². The molecule has 1 spiro atoms. The van der Waals surface area contributed by atoms with Crippen molar-refractivity contribution in [2.24, 2.45) is 0 Å². The third-order valence-electron chi connectivity index (χ3n) is 5.78. The maximum absolute atomic E-state index is 6.03. The summed E-state index contributed by atoms with van der Waals surface area (Å²) >= 11 is 0. The van der Waals surface area contributed by atoms with Gasteiger partial charge < -0.3 is 15.8 Å². The lowest BCUT2D eigenvalue weighted by Crippen LogP contribution is -2.25. The molecule has 1 atom stereocenters. The van der Waals surface area contributed by atoms with Gasteiger partial charge in [-0.2, -0.15) is 5.10 Å². The van der Waals surface area contributed by atoms with Gasteiger partial charge in [0, 0.05) is 36.0 Å². The Bertz CT molecular complexity index is 960. The number of pyridine rings is 1. The molecule has 3 N–H and O–H groups in total. The Kier molecular flexibility index (Phi) is 3.86. The molecule has 2 aliphatic heterocycles. The summed E-state index contributed by atoms with van der Waals surface area (Å²) < 4.78 is 8.08. The van der Waals surface area contributed by atoms with Crippen LogP contribution in [0.25, 0.3) is 11.3 Å². The highest BCUT2D eigenvalue weighted by molar-refractivity contribution is 5.64. The number of aromatic nitrogens is 3. The summed E-state index contributed by atoms with van der Waals surface area (Å²) in [5, 5.41) is 8.33. The minimum absolute atomic E-state index is 0.249. The van der Waals surface area contributed by atoms with Gasteiger partial charge in [-0.3, -0.25) is 4.68 Å². The number of nitrogens with one attached hydrogen (secondary N) is 1. The van der Waals surface area contributed by atoms with E-state index < -0.39 is 0 Å². The topological polar surface area (TPSA) is 78.0 Å². The molecule has 1 saturated heterocycles. The Morgan fingerprint density at radius 3 is 2.89 bits per heavy atom. The highest BCUT2D eigenvalue weighted by atomic mass is 16.5. The van der Waals surface area contributed by atoms with Crippen LogP contribution in [0.5, 0.6) is 5.75 Å². The van der Waals surface area contributed by atoms with Gasteiger partial charge in [-0.1, -0.05) is 30.3 Å². The van der Waals surface area contributed by atoms with Gasteiger partial charge >= 0.3 is 0 Å². The van der Waals surface area contributed by atoms with Crippen LogP contribution in [0.15, 0.2) is 48.7 Å². The number of nitrogen functional groups attached to an aromatic ring is 1. The van der Waals surface area contributed by atoms with E-state index in [-0.39, 0.29) is 5.41 Å². The van der Waals surface area contributed by atoms with Crippen molar-refractivity contribution in [1.82, 2.24) is 20.1 Å². The first-order valence-corrected chi connectivity index (χ1v) is 9.45. The second kappa shape index (κ2) is 6.39. The fourth-order valence-electron chi connectivity index (χ4n) is 4.23. The Hall–Kier alpha value is -2.86. The predicted octanol–water partition coefficient (Wildman–Crippen LogP) is 2.74. The molecular formula is C21H23N5O. The first-order valence-electron chi connectivity index (χ1n) is 9.45. The maximum Gasteiger partial charge on any atom is 0.166 e. The summed E-state index contributed by atoms with van der Waals surface area (Å²) in [6, 6.07) is 14.2. The molecule has 1 aromatic carbocycles. The van der Waals surface area contributed by atoms with E-state index in [0.717, 1.165) is 36.5 Å².